The van der Waals surface area contributed by atoms with Crippen molar-refractivity contribution < 1.29 is 19.8 Å². The lowest BCUT2D eigenvalue weighted by atomic mass is 10.8. The van der Waals surface area contributed by atoms with Gasteiger partial charge in [0.05, 0.1) is 6.61 Å². The van der Waals surface area contributed by atoms with Crippen molar-refractivity contribution in [2.45, 2.75) is 13.8 Å². The minimum Gasteiger partial charge on any atom is -0.466 e. The third kappa shape index (κ3) is 66.5. The van der Waals surface area contributed by atoms with Crippen LogP contribution in [0.5, 0.6) is 0 Å². The number of carbonyl (C=O) groups excluding carboxylic acids is 2. The van der Waals surface area contributed by atoms with Crippen LogP contribution in [0.25, 0.3) is 0 Å². The molecule has 0 saturated heterocycles. The smallest absolute Gasteiger partial charge is 0.306 e. The van der Waals surface area contributed by atoms with Crippen LogP contribution in [0.3, 0.4) is 0 Å². The Kier molecular flexibility index (Phi) is 25.0. The quantitative estimate of drug-likeness (QED) is 0.384. The Morgan fingerprint density at radius 2 is 2.00 bits per heavy atom. The molecule has 0 unspecified atom stereocenters. The molecule has 0 aliphatic heterocycles. The van der Waals surface area contributed by atoms with Crippen LogP contribution in [-0.2, 0) is 14.3 Å². The first-order chi connectivity index (χ1) is 4.18. The van der Waals surface area contributed by atoms with Crippen molar-refractivity contribution in [2.75, 3.05) is 6.61 Å². The summed E-state index contributed by atoms with van der Waals surface area (Å²) in [5.41, 5.74) is 4.04. The molecule has 10 heavy (non-hydrogen) atoms. The van der Waals surface area contributed by atoms with Crippen molar-refractivity contribution >= 4 is 12.4 Å². The van der Waals surface area contributed by atoms with E-state index in [0.29, 0.717) is 6.61 Å². The summed E-state index contributed by atoms with van der Waals surface area (Å²) in [7, 11) is 0. The Labute approximate surface area is 59.5 Å². The Balaban J connectivity index is -0.000000107. The predicted octanol–water partition coefficient (Wildman–Crippen LogP) is -0.595. The van der Waals surface area contributed by atoms with Gasteiger partial charge < -0.3 is 10.5 Å². The van der Waals surface area contributed by atoms with Crippen LogP contribution in [0.2, 0.25) is 0 Å². The van der Waals surface area contributed by atoms with Gasteiger partial charge in [0, 0.05) is 6.92 Å². The summed E-state index contributed by atoms with van der Waals surface area (Å²) < 4.78 is 4.40. The van der Waals surface area contributed by atoms with Gasteiger partial charge in [0.1, 0.15) is 0 Å². The molecule has 0 fully saturated rings. The summed E-state index contributed by atoms with van der Waals surface area (Å²) in [4.78, 5) is 18.3. The van der Waals surface area contributed by atoms with Gasteiger partial charge >= 0.3 is 12.4 Å². The molecule has 0 bridgehead atoms. The van der Waals surface area contributed by atoms with Gasteiger partial charge in [-0.1, -0.05) is 0 Å². The number of amides is 1. The van der Waals surface area contributed by atoms with Gasteiger partial charge in [-0.2, -0.15) is 0 Å². The highest BCUT2D eigenvalue weighted by atomic mass is 16.5. The maximum atomic E-state index is 9.82. The number of nitrogens with two attached hydrogens (primary N) is 1. The summed E-state index contributed by atoms with van der Waals surface area (Å²) in [6.45, 7) is 3.65. The first-order valence-electron chi connectivity index (χ1n) is 2.40. The third-order valence-corrected chi connectivity index (χ3v) is 0.348. The van der Waals surface area contributed by atoms with Gasteiger partial charge in [0.25, 0.3) is 0 Å². The number of carbonyl (C=O) groups is 1. The molecular weight excluding hydrogens is 138 g/mol. The molecule has 2 radical (unpaired) electrons. The second-order valence-electron chi connectivity index (χ2n) is 1.04. The number of ether oxygens (including phenoxy) is 1. The zero-order valence-corrected chi connectivity index (χ0v) is 5.96. The Bertz CT molecular complexity index is 83.7. The normalized spacial score (nSPS) is 5.80. The molecule has 0 saturated carbocycles. The average Bonchev–Trinajstić information content (AvgIpc) is 1.67. The number of rotatable bonds is 1. The van der Waals surface area contributed by atoms with Crippen LogP contribution in [0.1, 0.15) is 13.8 Å². The standard InChI is InChI=1S/C4H8O2.CH2NO.HO/c1-3-6-4(2)5;2-1-3;/h3H2,1-2H3;(H2,2,3);1H. The fourth-order valence-electron chi connectivity index (χ4n) is 0.203. The molecule has 0 aliphatic carbocycles. The largest absolute Gasteiger partial charge is 0.466 e. The lowest BCUT2D eigenvalue weighted by Crippen LogP contribution is -1.95. The van der Waals surface area contributed by atoms with E-state index in [4.69, 9.17) is 4.79 Å². The highest BCUT2D eigenvalue weighted by Crippen LogP contribution is 1.69. The molecule has 0 heterocycles. The van der Waals surface area contributed by atoms with Crippen molar-refractivity contribution in [2.24, 2.45) is 5.73 Å². The van der Waals surface area contributed by atoms with Crippen molar-refractivity contribution in [3.8, 4) is 0 Å². The number of primary amides is 1. The Morgan fingerprint density at radius 1 is 1.70 bits per heavy atom. The molecule has 0 aromatic rings. The molecule has 5 heteroatoms. The molecule has 3 N–H and O–H groups in total. The second kappa shape index (κ2) is 15.7. The van der Waals surface area contributed by atoms with E-state index in [0.717, 1.165) is 6.41 Å². The molecule has 0 spiro atoms. The summed E-state index contributed by atoms with van der Waals surface area (Å²) >= 11 is 0. The highest BCUT2D eigenvalue weighted by Gasteiger charge is 1.81. The molecule has 1 amide bonds. The van der Waals surface area contributed by atoms with E-state index in [9.17, 15) is 4.79 Å². The zero-order valence-electron chi connectivity index (χ0n) is 5.96. The fraction of sp³-hybridized carbons (Fsp3) is 0.600. The maximum absolute atomic E-state index is 9.82. The van der Waals surface area contributed by atoms with Gasteiger partial charge in [-0.3, -0.25) is 15.1 Å². The van der Waals surface area contributed by atoms with E-state index >= 15 is 0 Å². The lowest BCUT2D eigenvalue weighted by Gasteiger charge is -1.89. The second-order valence-corrected chi connectivity index (χ2v) is 1.04. The van der Waals surface area contributed by atoms with Crippen LogP contribution in [-0.4, -0.2) is 24.5 Å². The Morgan fingerprint density at radius 3 is 2.00 bits per heavy atom. The van der Waals surface area contributed by atoms with Crippen molar-refractivity contribution in [3.05, 3.63) is 0 Å². The van der Waals surface area contributed by atoms with Crippen LogP contribution < -0.4 is 5.73 Å². The van der Waals surface area contributed by atoms with Crippen LogP contribution in [0, 0.1) is 0 Å². The molecule has 60 valence electrons. The van der Waals surface area contributed by atoms with Crippen LogP contribution >= 0.6 is 0 Å². The molecule has 0 rings (SSSR count). The first-order valence-corrected chi connectivity index (χ1v) is 2.40. The van der Waals surface area contributed by atoms with Gasteiger partial charge in [-0.05, 0) is 6.92 Å². The summed E-state index contributed by atoms with van der Waals surface area (Å²) in [6, 6.07) is 0. The molecule has 0 aromatic heterocycles. The van der Waals surface area contributed by atoms with E-state index in [1.54, 1.807) is 6.92 Å². The molecule has 0 aliphatic rings. The van der Waals surface area contributed by atoms with Crippen LogP contribution in [0.4, 0.5) is 0 Å². The van der Waals surface area contributed by atoms with E-state index < -0.39 is 0 Å². The van der Waals surface area contributed by atoms with Gasteiger partial charge in [-0.25, -0.2) is 0 Å². The van der Waals surface area contributed by atoms with E-state index in [1.807, 2.05) is 0 Å². The molecule has 0 atom stereocenters. The molecule has 5 nitrogen and oxygen atoms in total. The minimum absolute atomic E-state index is 0. The summed E-state index contributed by atoms with van der Waals surface area (Å²) in [6.07, 6.45) is 1.00. The molecular formula is C5H11NO4. The van der Waals surface area contributed by atoms with E-state index in [1.165, 1.54) is 6.92 Å². The molecule has 0 aromatic carbocycles. The number of hydrogen-bond acceptors (Lipinski definition) is 3. The van der Waals surface area contributed by atoms with E-state index in [-0.39, 0.29) is 11.4 Å². The minimum atomic E-state index is -0.211. The van der Waals surface area contributed by atoms with E-state index in [2.05, 4.69) is 10.5 Å². The monoisotopic (exact) mass is 149 g/mol. The topological polar surface area (TPSA) is 99.4 Å². The number of esters is 1. The summed E-state index contributed by atoms with van der Waals surface area (Å²) in [5, 5.41) is 0. The lowest BCUT2D eigenvalue weighted by molar-refractivity contribution is -0.140. The predicted molar refractivity (Wildman–Crippen MR) is 34.1 cm³/mol. The maximum Gasteiger partial charge on any atom is 0.306 e. The van der Waals surface area contributed by atoms with Crippen LogP contribution in [0.15, 0.2) is 0 Å². The van der Waals surface area contributed by atoms with Gasteiger partial charge in [0.2, 0.25) is 0 Å². The zero-order chi connectivity index (χ0) is 7.70. The van der Waals surface area contributed by atoms with Gasteiger partial charge in [-0.15, -0.1) is 0 Å². The van der Waals surface area contributed by atoms with Crippen molar-refractivity contribution in [1.29, 1.82) is 0 Å². The number of hydrogen-bond donors (Lipinski definition) is 2. The first kappa shape index (κ1) is 16.0. The van der Waals surface area contributed by atoms with Crippen molar-refractivity contribution in [1.82, 2.24) is 0 Å². The average molecular weight is 149 g/mol. The van der Waals surface area contributed by atoms with Gasteiger partial charge in [0.15, 0.2) is 0 Å². The SMILES string of the molecule is CCOC(C)=O.N[C]=O.[OH]. The van der Waals surface area contributed by atoms with Crippen molar-refractivity contribution in [3.63, 3.8) is 0 Å². The summed E-state index contributed by atoms with van der Waals surface area (Å²) in [5.74, 6) is -0.211. The Hall–Kier alpha value is -1.10. The fourth-order valence-corrected chi connectivity index (χ4v) is 0.203. The third-order valence-electron chi connectivity index (χ3n) is 0.348. The highest BCUT2D eigenvalue weighted by molar-refractivity contribution is 5.65.